The Bertz CT molecular complexity index is 974. The Morgan fingerprint density at radius 3 is 1.38 bits per heavy atom. The van der Waals surface area contributed by atoms with Crippen molar-refractivity contribution in [1.29, 1.82) is 21.0 Å². The highest BCUT2D eigenvalue weighted by Crippen LogP contribution is 2.38. The molecule has 0 saturated heterocycles. The molecule has 0 aliphatic heterocycles. The summed E-state index contributed by atoms with van der Waals surface area (Å²) in [6, 6.07) is 8.87. The van der Waals surface area contributed by atoms with Gasteiger partial charge in [-0.1, -0.05) is 52.7 Å². The molecule has 0 bridgehead atoms. The third-order valence-electron chi connectivity index (χ3n) is 6.82. The monoisotopic (exact) mass is 454 g/mol. The quantitative estimate of drug-likeness (QED) is 0.563. The lowest BCUT2D eigenvalue weighted by molar-refractivity contribution is 0.311. The molecule has 0 aromatic carbocycles. The van der Waals surface area contributed by atoms with E-state index in [2.05, 4.69) is 74.8 Å². The highest BCUT2D eigenvalue weighted by atomic mass is 15.0. The van der Waals surface area contributed by atoms with Gasteiger partial charge >= 0.3 is 0 Å². The maximum absolute atomic E-state index is 9.40. The zero-order valence-corrected chi connectivity index (χ0v) is 20.7. The van der Waals surface area contributed by atoms with Gasteiger partial charge in [0.25, 0.3) is 0 Å². The second-order valence-electron chi connectivity index (χ2n) is 11.1. The minimum Gasteiger partial charge on any atom is -0.380 e. The molecule has 1 saturated carbocycles. The fourth-order valence-electron chi connectivity index (χ4n) is 5.41. The van der Waals surface area contributed by atoms with Crippen LogP contribution in [0, 0.1) is 68.0 Å². The molecule has 0 aromatic rings. The van der Waals surface area contributed by atoms with Crippen LogP contribution in [0.1, 0.15) is 66.2 Å². The summed E-state index contributed by atoms with van der Waals surface area (Å²) in [6.45, 7) is 8.52. The summed E-state index contributed by atoms with van der Waals surface area (Å²) >= 11 is 0. The summed E-state index contributed by atoms with van der Waals surface area (Å²) in [4.78, 5) is 0. The Hall–Kier alpha value is -3.48. The average molecular weight is 455 g/mol. The van der Waals surface area contributed by atoms with Crippen molar-refractivity contribution in [1.82, 2.24) is 10.6 Å². The first-order chi connectivity index (χ1) is 16.1. The third-order valence-corrected chi connectivity index (χ3v) is 6.82. The first-order valence-electron chi connectivity index (χ1n) is 12.1. The molecule has 2 N–H and O–H groups in total. The smallest absolute Gasteiger partial charge is 0.154 e. The summed E-state index contributed by atoms with van der Waals surface area (Å²) in [5, 5.41) is 45.0. The van der Waals surface area contributed by atoms with Gasteiger partial charge in [0, 0.05) is 23.5 Å². The van der Waals surface area contributed by atoms with Crippen LogP contribution in [0.3, 0.4) is 0 Å². The Morgan fingerprint density at radius 1 is 0.706 bits per heavy atom. The van der Waals surface area contributed by atoms with E-state index < -0.39 is 11.8 Å². The second-order valence-corrected chi connectivity index (χ2v) is 11.1. The zero-order chi connectivity index (χ0) is 24.9. The van der Waals surface area contributed by atoms with E-state index in [1.807, 2.05) is 12.2 Å². The SMILES string of the molecule is CC1(C)C=C(NC2CCCCC2NC2=CC(C)(C)CC(C(C#N)C#N)=C2)C=C(C(C#N)C#N)C1. The molecule has 0 radical (unpaired) electrons. The van der Waals surface area contributed by atoms with Gasteiger partial charge in [0.2, 0.25) is 0 Å². The van der Waals surface area contributed by atoms with E-state index in [1.165, 1.54) is 0 Å². The van der Waals surface area contributed by atoms with E-state index in [1.54, 1.807) is 0 Å². The van der Waals surface area contributed by atoms with Crippen molar-refractivity contribution in [3.63, 3.8) is 0 Å². The number of nitrogens with zero attached hydrogens (tertiary/aromatic N) is 4. The lowest BCUT2D eigenvalue weighted by Gasteiger charge is -2.38. The van der Waals surface area contributed by atoms with Gasteiger partial charge in [0.1, 0.15) is 0 Å². The number of nitrogens with one attached hydrogen (secondary N) is 2. The zero-order valence-electron chi connectivity index (χ0n) is 20.7. The molecule has 2 atom stereocenters. The van der Waals surface area contributed by atoms with Crippen molar-refractivity contribution in [3.8, 4) is 24.3 Å². The van der Waals surface area contributed by atoms with E-state index in [0.717, 1.165) is 48.2 Å². The first-order valence-corrected chi connectivity index (χ1v) is 12.1. The number of rotatable bonds is 6. The van der Waals surface area contributed by atoms with E-state index >= 15 is 0 Å². The van der Waals surface area contributed by atoms with Crippen molar-refractivity contribution in [3.05, 3.63) is 46.8 Å². The van der Waals surface area contributed by atoms with Crippen LogP contribution < -0.4 is 10.6 Å². The van der Waals surface area contributed by atoms with Crippen molar-refractivity contribution in [2.75, 3.05) is 0 Å². The topological polar surface area (TPSA) is 119 Å². The minimum atomic E-state index is -0.726. The molecule has 0 amide bonds. The predicted octanol–water partition coefficient (Wildman–Crippen LogP) is 5.28. The summed E-state index contributed by atoms with van der Waals surface area (Å²) in [7, 11) is 0. The van der Waals surface area contributed by atoms with Gasteiger partial charge in [-0.05, 0) is 59.8 Å². The lowest BCUT2D eigenvalue weighted by Crippen LogP contribution is -2.49. The second kappa shape index (κ2) is 10.2. The van der Waals surface area contributed by atoms with Crippen LogP contribution >= 0.6 is 0 Å². The molecular weight excluding hydrogens is 420 g/mol. The third kappa shape index (κ3) is 6.10. The van der Waals surface area contributed by atoms with Gasteiger partial charge in [0.15, 0.2) is 11.8 Å². The van der Waals surface area contributed by atoms with Crippen LogP contribution in [-0.2, 0) is 0 Å². The number of hydrogen-bond donors (Lipinski definition) is 2. The van der Waals surface area contributed by atoms with Gasteiger partial charge in [-0.2, -0.15) is 21.0 Å². The Morgan fingerprint density at radius 2 is 1.06 bits per heavy atom. The van der Waals surface area contributed by atoms with Crippen molar-refractivity contribution in [2.45, 2.75) is 78.3 Å². The fraction of sp³-hybridized carbons (Fsp3) is 0.571. The van der Waals surface area contributed by atoms with E-state index in [0.29, 0.717) is 12.8 Å². The first kappa shape index (κ1) is 25.1. The van der Waals surface area contributed by atoms with E-state index in [-0.39, 0.29) is 22.9 Å². The fourth-order valence-corrected chi connectivity index (χ4v) is 5.41. The number of hydrogen-bond acceptors (Lipinski definition) is 6. The van der Waals surface area contributed by atoms with Gasteiger partial charge in [-0.15, -0.1) is 0 Å². The highest BCUT2D eigenvalue weighted by Gasteiger charge is 2.32. The Balaban J connectivity index is 1.83. The van der Waals surface area contributed by atoms with Crippen LogP contribution in [0.25, 0.3) is 0 Å². The molecule has 1 fully saturated rings. The van der Waals surface area contributed by atoms with E-state index in [9.17, 15) is 21.0 Å². The standard InChI is InChI=1S/C28H34N6/c1-27(2)11-19(21(15-29)16-30)9-23(13-27)33-25-7-5-6-8-26(25)34-24-10-20(22(17-31)18-32)12-28(3,4)14-24/h9-10,13-14,21-22,25-26,33-34H,5-8,11-12H2,1-4H3. The summed E-state index contributed by atoms with van der Waals surface area (Å²) in [6.07, 6.45) is 14.1. The van der Waals surface area contributed by atoms with Gasteiger partial charge < -0.3 is 10.6 Å². The molecule has 0 spiro atoms. The van der Waals surface area contributed by atoms with Gasteiger partial charge in [-0.3, -0.25) is 0 Å². The van der Waals surface area contributed by atoms with Crippen LogP contribution in [0.5, 0.6) is 0 Å². The van der Waals surface area contributed by atoms with Crippen LogP contribution in [0.4, 0.5) is 0 Å². The Labute approximate surface area is 203 Å². The summed E-state index contributed by atoms with van der Waals surface area (Å²) in [5.41, 5.74) is 3.42. The highest BCUT2D eigenvalue weighted by molar-refractivity contribution is 5.38. The maximum Gasteiger partial charge on any atom is 0.154 e. The molecule has 3 aliphatic rings. The van der Waals surface area contributed by atoms with Gasteiger partial charge in [0.05, 0.1) is 24.3 Å². The van der Waals surface area contributed by atoms with Gasteiger partial charge in [-0.25, -0.2) is 0 Å². The molecule has 6 nitrogen and oxygen atoms in total. The van der Waals surface area contributed by atoms with Crippen molar-refractivity contribution in [2.24, 2.45) is 22.7 Å². The maximum atomic E-state index is 9.40. The normalized spacial score (nSPS) is 25.4. The molecule has 176 valence electrons. The average Bonchev–Trinajstić information content (AvgIpc) is 2.75. The molecule has 3 rings (SSSR count). The number of nitriles is 4. The number of allylic oxidation sites excluding steroid dienone is 6. The minimum absolute atomic E-state index is 0.132. The molecular formula is C28H34N6. The molecule has 2 unspecified atom stereocenters. The molecule has 0 aromatic heterocycles. The lowest BCUT2D eigenvalue weighted by atomic mass is 9.77. The van der Waals surface area contributed by atoms with E-state index in [4.69, 9.17) is 0 Å². The van der Waals surface area contributed by atoms with Crippen molar-refractivity contribution < 1.29 is 0 Å². The molecule has 6 heteroatoms. The summed E-state index contributed by atoms with van der Waals surface area (Å²) in [5.74, 6) is -1.45. The van der Waals surface area contributed by atoms with Crippen LogP contribution in [0.15, 0.2) is 46.8 Å². The molecule has 0 heterocycles. The largest absolute Gasteiger partial charge is 0.380 e. The van der Waals surface area contributed by atoms with Crippen LogP contribution in [0.2, 0.25) is 0 Å². The predicted molar refractivity (Wildman–Crippen MR) is 131 cm³/mol. The van der Waals surface area contributed by atoms with Crippen LogP contribution in [-0.4, -0.2) is 12.1 Å². The summed E-state index contributed by atoms with van der Waals surface area (Å²) < 4.78 is 0. The van der Waals surface area contributed by atoms with Crippen molar-refractivity contribution >= 4 is 0 Å². The molecule has 34 heavy (non-hydrogen) atoms. The molecule has 3 aliphatic carbocycles. The Kier molecular flexibility index (Phi) is 7.54.